The summed E-state index contributed by atoms with van der Waals surface area (Å²) in [5.41, 5.74) is 1.54. The summed E-state index contributed by atoms with van der Waals surface area (Å²) in [6, 6.07) is 4.36. The first-order valence-electron chi connectivity index (χ1n) is 8.97. The van der Waals surface area contributed by atoms with E-state index in [0.717, 1.165) is 25.5 Å². The minimum Gasteiger partial charge on any atom is -0.381 e. The third-order valence-corrected chi connectivity index (χ3v) is 5.77. The Labute approximate surface area is 143 Å². The van der Waals surface area contributed by atoms with Gasteiger partial charge in [0, 0.05) is 50.7 Å². The molecule has 0 bridgehead atoms. The van der Waals surface area contributed by atoms with Gasteiger partial charge in [0.15, 0.2) is 0 Å². The normalized spacial score (nSPS) is 27.0. The number of nitrogens with zero attached hydrogens (tertiary/aromatic N) is 4. The van der Waals surface area contributed by atoms with Gasteiger partial charge in [0.1, 0.15) is 5.82 Å². The average Bonchev–Trinajstić information content (AvgIpc) is 3.25. The van der Waals surface area contributed by atoms with Crippen molar-refractivity contribution < 1.29 is 4.74 Å². The largest absolute Gasteiger partial charge is 0.381 e. The Bertz CT molecular complexity index is 655. The Balaban J connectivity index is 1.47. The molecule has 5 nitrogen and oxygen atoms in total. The average molecular weight is 326 g/mol. The van der Waals surface area contributed by atoms with Crippen molar-refractivity contribution in [2.45, 2.75) is 44.8 Å². The van der Waals surface area contributed by atoms with E-state index in [4.69, 9.17) is 9.72 Å². The predicted octanol–water partition coefficient (Wildman–Crippen LogP) is 3.11. The van der Waals surface area contributed by atoms with Crippen LogP contribution in [0.2, 0.25) is 0 Å². The first-order chi connectivity index (χ1) is 11.8. The maximum absolute atomic E-state index is 5.81. The van der Waals surface area contributed by atoms with Gasteiger partial charge >= 0.3 is 0 Å². The fourth-order valence-electron chi connectivity index (χ4n) is 4.59. The Morgan fingerprint density at radius 3 is 2.96 bits per heavy atom. The quantitative estimate of drug-likeness (QED) is 0.866. The second kappa shape index (κ2) is 6.55. The lowest BCUT2D eigenvalue weighted by atomic mass is 9.76. The molecule has 0 amide bonds. The molecule has 0 unspecified atom stereocenters. The van der Waals surface area contributed by atoms with Crippen LogP contribution in [0.25, 0.3) is 0 Å². The van der Waals surface area contributed by atoms with Crippen molar-refractivity contribution >= 4 is 5.82 Å². The summed E-state index contributed by atoms with van der Waals surface area (Å²) in [5, 5.41) is 0. The van der Waals surface area contributed by atoms with Gasteiger partial charge in [0.2, 0.25) is 0 Å². The van der Waals surface area contributed by atoms with E-state index in [1.807, 2.05) is 32.0 Å². The van der Waals surface area contributed by atoms with Gasteiger partial charge in [-0.15, -0.1) is 0 Å². The minimum absolute atomic E-state index is 0.337. The van der Waals surface area contributed by atoms with Gasteiger partial charge in [-0.2, -0.15) is 0 Å². The standard InChI is InChI=1S/C19H26N4O/c1-24-17-4-2-7-19(17)8-3-10-23(14-19)18-6-5-16(12-21-18)13-22-11-9-20-15-22/h5-6,9,11-12,15,17H,2-4,7-8,10,13-14H2,1H3/t17-,19-/m1/s1. The van der Waals surface area contributed by atoms with Crippen LogP contribution in [-0.2, 0) is 11.3 Å². The van der Waals surface area contributed by atoms with Crippen molar-refractivity contribution in [3.8, 4) is 0 Å². The van der Waals surface area contributed by atoms with Gasteiger partial charge in [-0.05, 0) is 37.3 Å². The number of anilines is 1. The molecule has 1 spiro atoms. The van der Waals surface area contributed by atoms with E-state index in [-0.39, 0.29) is 0 Å². The van der Waals surface area contributed by atoms with Crippen molar-refractivity contribution in [2.75, 3.05) is 25.1 Å². The number of pyridine rings is 1. The van der Waals surface area contributed by atoms with Crippen LogP contribution in [0, 0.1) is 5.41 Å². The summed E-state index contributed by atoms with van der Waals surface area (Å²) in [6.07, 6.45) is 14.4. The van der Waals surface area contributed by atoms with Crippen LogP contribution in [0.4, 0.5) is 5.82 Å². The molecule has 0 N–H and O–H groups in total. The second-order valence-electron chi connectivity index (χ2n) is 7.26. The summed E-state index contributed by atoms with van der Waals surface area (Å²) in [5.74, 6) is 1.10. The number of ether oxygens (including phenoxy) is 1. The highest BCUT2D eigenvalue weighted by atomic mass is 16.5. The zero-order valence-corrected chi connectivity index (χ0v) is 14.4. The van der Waals surface area contributed by atoms with E-state index >= 15 is 0 Å². The van der Waals surface area contributed by atoms with Gasteiger partial charge in [-0.1, -0.05) is 12.5 Å². The maximum Gasteiger partial charge on any atom is 0.128 e. The molecule has 2 aliphatic rings. The van der Waals surface area contributed by atoms with E-state index in [2.05, 4.69) is 26.6 Å². The monoisotopic (exact) mass is 326 g/mol. The van der Waals surface area contributed by atoms with Gasteiger partial charge in [-0.25, -0.2) is 9.97 Å². The smallest absolute Gasteiger partial charge is 0.128 e. The molecule has 1 aliphatic heterocycles. The molecule has 0 aromatic carbocycles. The Morgan fingerprint density at radius 1 is 1.29 bits per heavy atom. The number of rotatable bonds is 4. The Morgan fingerprint density at radius 2 is 2.21 bits per heavy atom. The third kappa shape index (κ3) is 2.93. The number of hydrogen-bond donors (Lipinski definition) is 0. The van der Waals surface area contributed by atoms with E-state index in [9.17, 15) is 0 Å². The third-order valence-electron chi connectivity index (χ3n) is 5.77. The summed E-state index contributed by atoms with van der Waals surface area (Å²) < 4.78 is 7.87. The minimum atomic E-state index is 0.337. The van der Waals surface area contributed by atoms with Crippen molar-refractivity contribution in [1.82, 2.24) is 14.5 Å². The SMILES string of the molecule is CO[C@@H]1CCC[C@]12CCCN(c1ccc(Cn3ccnc3)cn1)C2. The molecular formula is C19H26N4O. The van der Waals surface area contributed by atoms with Gasteiger partial charge < -0.3 is 14.2 Å². The van der Waals surface area contributed by atoms with Crippen LogP contribution >= 0.6 is 0 Å². The fourth-order valence-corrected chi connectivity index (χ4v) is 4.59. The Kier molecular flexibility index (Phi) is 4.27. The molecule has 0 radical (unpaired) electrons. The molecule has 128 valence electrons. The molecule has 5 heteroatoms. The second-order valence-corrected chi connectivity index (χ2v) is 7.26. The van der Waals surface area contributed by atoms with E-state index in [1.54, 1.807) is 0 Å². The van der Waals surface area contributed by atoms with E-state index < -0.39 is 0 Å². The molecule has 24 heavy (non-hydrogen) atoms. The van der Waals surface area contributed by atoms with Gasteiger partial charge in [0.25, 0.3) is 0 Å². The zero-order chi connectivity index (χ0) is 16.4. The first-order valence-corrected chi connectivity index (χ1v) is 8.97. The number of imidazole rings is 1. The van der Waals surface area contributed by atoms with Crippen LogP contribution in [0.1, 0.15) is 37.7 Å². The molecule has 2 aromatic rings. The lowest BCUT2D eigenvalue weighted by Gasteiger charge is -2.44. The van der Waals surface area contributed by atoms with Crippen LogP contribution < -0.4 is 4.90 Å². The van der Waals surface area contributed by atoms with Crippen molar-refractivity contribution in [3.05, 3.63) is 42.6 Å². The molecule has 4 rings (SSSR count). The molecule has 1 aliphatic carbocycles. The van der Waals surface area contributed by atoms with Crippen LogP contribution in [0.3, 0.4) is 0 Å². The predicted molar refractivity (Wildman–Crippen MR) is 94.1 cm³/mol. The topological polar surface area (TPSA) is 43.2 Å². The number of aromatic nitrogens is 3. The zero-order valence-electron chi connectivity index (χ0n) is 14.4. The number of hydrogen-bond acceptors (Lipinski definition) is 4. The lowest BCUT2D eigenvalue weighted by Crippen LogP contribution is -2.48. The number of piperidine rings is 1. The summed E-state index contributed by atoms with van der Waals surface area (Å²) >= 11 is 0. The van der Waals surface area contributed by atoms with Gasteiger partial charge in [0.05, 0.1) is 12.4 Å². The van der Waals surface area contributed by atoms with Crippen LogP contribution in [-0.4, -0.2) is 40.8 Å². The molecular weight excluding hydrogens is 300 g/mol. The molecule has 1 saturated heterocycles. The van der Waals surface area contributed by atoms with E-state index in [1.165, 1.54) is 37.7 Å². The highest BCUT2D eigenvalue weighted by Gasteiger charge is 2.45. The van der Waals surface area contributed by atoms with Crippen LogP contribution in [0.5, 0.6) is 0 Å². The molecule has 1 saturated carbocycles. The van der Waals surface area contributed by atoms with Crippen molar-refractivity contribution in [2.24, 2.45) is 5.41 Å². The van der Waals surface area contributed by atoms with Gasteiger partial charge in [-0.3, -0.25) is 0 Å². The number of methoxy groups -OCH3 is 1. The maximum atomic E-state index is 5.81. The van der Waals surface area contributed by atoms with Crippen LogP contribution in [0.15, 0.2) is 37.1 Å². The highest BCUT2D eigenvalue weighted by molar-refractivity contribution is 5.40. The fraction of sp³-hybridized carbons (Fsp3) is 0.579. The summed E-state index contributed by atoms with van der Waals surface area (Å²) in [6.45, 7) is 3.01. The molecule has 3 heterocycles. The molecule has 2 fully saturated rings. The summed E-state index contributed by atoms with van der Waals surface area (Å²) in [7, 11) is 1.87. The Hall–Kier alpha value is -1.88. The molecule has 2 aromatic heterocycles. The van der Waals surface area contributed by atoms with E-state index in [0.29, 0.717) is 11.5 Å². The highest BCUT2D eigenvalue weighted by Crippen LogP contribution is 2.46. The van der Waals surface area contributed by atoms with Crippen molar-refractivity contribution in [1.29, 1.82) is 0 Å². The summed E-state index contributed by atoms with van der Waals surface area (Å²) in [4.78, 5) is 11.3. The lowest BCUT2D eigenvalue weighted by molar-refractivity contribution is 0.00216. The molecule has 2 atom stereocenters. The van der Waals surface area contributed by atoms with Crippen molar-refractivity contribution in [3.63, 3.8) is 0 Å². The first kappa shape index (κ1) is 15.6.